The van der Waals surface area contributed by atoms with Crippen molar-refractivity contribution in [2.75, 3.05) is 13.1 Å². The molecule has 13 heavy (non-hydrogen) atoms. The Kier molecular flexibility index (Phi) is 1.88. The summed E-state index contributed by atoms with van der Waals surface area (Å²) < 4.78 is 0. The molecule has 0 bridgehead atoms. The van der Waals surface area contributed by atoms with Gasteiger partial charge < -0.3 is 9.88 Å². The summed E-state index contributed by atoms with van der Waals surface area (Å²) in [6, 6.07) is 3.25. The molecule has 0 unspecified atom stereocenters. The SMILES string of the molecule is O=Cc1ccc(C(=O)N2CCC2)[nH]1. The maximum atomic E-state index is 11.5. The predicted molar refractivity (Wildman–Crippen MR) is 46.7 cm³/mol. The minimum absolute atomic E-state index is 0.0145. The molecule has 0 saturated carbocycles. The van der Waals surface area contributed by atoms with E-state index in [9.17, 15) is 9.59 Å². The van der Waals surface area contributed by atoms with Crippen LogP contribution in [0.1, 0.15) is 27.4 Å². The minimum atomic E-state index is -0.0145. The summed E-state index contributed by atoms with van der Waals surface area (Å²) in [5.74, 6) is -0.0145. The van der Waals surface area contributed by atoms with Crippen LogP contribution in [-0.2, 0) is 0 Å². The lowest BCUT2D eigenvalue weighted by Gasteiger charge is -2.30. The monoisotopic (exact) mass is 178 g/mol. The molecule has 1 N–H and O–H groups in total. The highest BCUT2D eigenvalue weighted by Crippen LogP contribution is 2.11. The van der Waals surface area contributed by atoms with E-state index >= 15 is 0 Å². The molecule has 1 fully saturated rings. The number of H-pyrrole nitrogens is 1. The van der Waals surface area contributed by atoms with E-state index < -0.39 is 0 Å². The first-order valence-electron chi connectivity index (χ1n) is 4.25. The van der Waals surface area contributed by atoms with Crippen molar-refractivity contribution in [2.45, 2.75) is 6.42 Å². The zero-order valence-corrected chi connectivity index (χ0v) is 7.12. The number of carbonyl (C=O) groups excluding carboxylic acids is 2. The number of nitrogens with zero attached hydrogens (tertiary/aromatic N) is 1. The summed E-state index contributed by atoms with van der Waals surface area (Å²) in [5, 5.41) is 0. The number of aldehydes is 1. The highest BCUT2D eigenvalue weighted by atomic mass is 16.2. The van der Waals surface area contributed by atoms with E-state index in [1.807, 2.05) is 0 Å². The molecule has 68 valence electrons. The minimum Gasteiger partial charge on any atom is -0.348 e. The molecule has 1 amide bonds. The maximum absolute atomic E-state index is 11.5. The molecule has 2 heterocycles. The van der Waals surface area contributed by atoms with Gasteiger partial charge in [-0.05, 0) is 18.6 Å². The lowest BCUT2D eigenvalue weighted by Crippen LogP contribution is -2.42. The third-order valence-corrected chi connectivity index (χ3v) is 2.21. The standard InChI is InChI=1S/C9H10N2O2/c12-6-7-2-3-8(10-7)9(13)11-4-1-5-11/h2-3,6,10H,1,4-5H2. The first-order chi connectivity index (χ1) is 6.31. The van der Waals surface area contributed by atoms with Gasteiger partial charge in [0.2, 0.25) is 0 Å². The highest BCUT2D eigenvalue weighted by Gasteiger charge is 2.22. The lowest BCUT2D eigenvalue weighted by atomic mass is 10.2. The fourth-order valence-electron chi connectivity index (χ4n) is 1.30. The average Bonchev–Trinajstić information content (AvgIpc) is 2.48. The summed E-state index contributed by atoms with van der Waals surface area (Å²) in [6.45, 7) is 1.66. The summed E-state index contributed by atoms with van der Waals surface area (Å²) in [5.41, 5.74) is 0.950. The van der Waals surface area contributed by atoms with E-state index in [0.717, 1.165) is 19.5 Å². The van der Waals surface area contributed by atoms with Crippen molar-refractivity contribution in [1.82, 2.24) is 9.88 Å². The molecular formula is C9H10N2O2. The number of aromatic nitrogens is 1. The van der Waals surface area contributed by atoms with Gasteiger partial charge in [0.05, 0.1) is 5.69 Å². The number of nitrogens with one attached hydrogen (secondary N) is 1. The number of hydrogen-bond acceptors (Lipinski definition) is 2. The summed E-state index contributed by atoms with van der Waals surface area (Å²) in [6.07, 6.45) is 1.78. The van der Waals surface area contributed by atoms with E-state index in [2.05, 4.69) is 4.98 Å². The Morgan fingerprint density at radius 2 is 2.23 bits per heavy atom. The van der Waals surface area contributed by atoms with Crippen molar-refractivity contribution in [2.24, 2.45) is 0 Å². The third kappa shape index (κ3) is 1.35. The second-order valence-corrected chi connectivity index (χ2v) is 3.09. The topological polar surface area (TPSA) is 53.2 Å². The second-order valence-electron chi connectivity index (χ2n) is 3.09. The van der Waals surface area contributed by atoms with Gasteiger partial charge in [-0.1, -0.05) is 0 Å². The van der Waals surface area contributed by atoms with Crippen LogP contribution in [0, 0.1) is 0 Å². The van der Waals surface area contributed by atoms with Crippen LogP contribution < -0.4 is 0 Å². The van der Waals surface area contributed by atoms with Crippen molar-refractivity contribution in [3.8, 4) is 0 Å². The number of rotatable bonds is 2. The van der Waals surface area contributed by atoms with Gasteiger partial charge in [0.25, 0.3) is 5.91 Å². The summed E-state index contributed by atoms with van der Waals surface area (Å²) in [4.78, 5) is 26.4. The van der Waals surface area contributed by atoms with Gasteiger partial charge in [0, 0.05) is 13.1 Å². The molecule has 0 aromatic carbocycles. The number of aromatic amines is 1. The summed E-state index contributed by atoms with van der Waals surface area (Å²) >= 11 is 0. The Bertz CT molecular complexity index is 339. The largest absolute Gasteiger partial charge is 0.348 e. The zero-order valence-electron chi connectivity index (χ0n) is 7.12. The molecule has 0 spiro atoms. The fraction of sp³-hybridized carbons (Fsp3) is 0.333. The van der Waals surface area contributed by atoms with Gasteiger partial charge in [-0.3, -0.25) is 9.59 Å². The molecule has 0 atom stereocenters. The van der Waals surface area contributed by atoms with Gasteiger partial charge in [0.15, 0.2) is 6.29 Å². The smallest absolute Gasteiger partial charge is 0.270 e. The Hall–Kier alpha value is -1.58. The zero-order chi connectivity index (χ0) is 9.26. The number of likely N-dealkylation sites (tertiary alicyclic amines) is 1. The van der Waals surface area contributed by atoms with Crippen molar-refractivity contribution < 1.29 is 9.59 Å². The van der Waals surface area contributed by atoms with Crippen molar-refractivity contribution in [3.05, 3.63) is 23.5 Å². The van der Waals surface area contributed by atoms with Crippen molar-refractivity contribution in [3.63, 3.8) is 0 Å². The molecule has 1 aromatic heterocycles. The maximum Gasteiger partial charge on any atom is 0.270 e. The quantitative estimate of drug-likeness (QED) is 0.677. The van der Waals surface area contributed by atoms with Gasteiger partial charge in [0.1, 0.15) is 5.69 Å². The Morgan fingerprint density at radius 1 is 1.46 bits per heavy atom. The van der Waals surface area contributed by atoms with Gasteiger partial charge in [-0.15, -0.1) is 0 Å². The first-order valence-corrected chi connectivity index (χ1v) is 4.25. The highest BCUT2D eigenvalue weighted by molar-refractivity contribution is 5.94. The van der Waals surface area contributed by atoms with Crippen LogP contribution in [0.3, 0.4) is 0 Å². The molecule has 0 radical (unpaired) electrons. The molecule has 4 heteroatoms. The molecule has 0 aliphatic carbocycles. The van der Waals surface area contributed by atoms with Crippen LogP contribution in [0.15, 0.2) is 12.1 Å². The Morgan fingerprint density at radius 3 is 2.69 bits per heavy atom. The third-order valence-electron chi connectivity index (χ3n) is 2.21. The predicted octanol–water partition coefficient (Wildman–Crippen LogP) is 0.673. The summed E-state index contributed by atoms with van der Waals surface area (Å²) in [7, 11) is 0. The number of hydrogen-bond donors (Lipinski definition) is 1. The van der Waals surface area contributed by atoms with E-state index in [-0.39, 0.29) is 5.91 Å². The Labute approximate surface area is 75.5 Å². The van der Waals surface area contributed by atoms with Crippen molar-refractivity contribution in [1.29, 1.82) is 0 Å². The van der Waals surface area contributed by atoms with Gasteiger partial charge in [-0.25, -0.2) is 0 Å². The van der Waals surface area contributed by atoms with Crippen LogP contribution >= 0.6 is 0 Å². The molecule has 1 aliphatic rings. The van der Waals surface area contributed by atoms with E-state index in [4.69, 9.17) is 0 Å². The van der Waals surface area contributed by atoms with E-state index in [1.54, 1.807) is 17.0 Å². The molecule has 4 nitrogen and oxygen atoms in total. The molecule has 1 saturated heterocycles. The molecular weight excluding hydrogens is 168 g/mol. The molecule has 2 rings (SSSR count). The fourth-order valence-corrected chi connectivity index (χ4v) is 1.30. The number of amides is 1. The normalized spacial score (nSPS) is 15.2. The average molecular weight is 178 g/mol. The van der Waals surface area contributed by atoms with E-state index in [0.29, 0.717) is 17.7 Å². The van der Waals surface area contributed by atoms with Gasteiger partial charge in [-0.2, -0.15) is 0 Å². The van der Waals surface area contributed by atoms with Crippen LogP contribution in [0.2, 0.25) is 0 Å². The van der Waals surface area contributed by atoms with Crippen LogP contribution in [0.5, 0.6) is 0 Å². The van der Waals surface area contributed by atoms with Crippen LogP contribution in [0.25, 0.3) is 0 Å². The lowest BCUT2D eigenvalue weighted by molar-refractivity contribution is 0.0646. The number of carbonyl (C=O) groups is 2. The molecule has 1 aromatic rings. The second kappa shape index (κ2) is 3.05. The van der Waals surface area contributed by atoms with Crippen molar-refractivity contribution >= 4 is 12.2 Å². The van der Waals surface area contributed by atoms with Crippen LogP contribution in [-0.4, -0.2) is 35.2 Å². The van der Waals surface area contributed by atoms with Gasteiger partial charge >= 0.3 is 0 Å². The van der Waals surface area contributed by atoms with Crippen LogP contribution in [0.4, 0.5) is 0 Å². The first kappa shape index (κ1) is 8.04. The Balaban J connectivity index is 2.14. The molecule has 1 aliphatic heterocycles. The van der Waals surface area contributed by atoms with E-state index in [1.165, 1.54) is 0 Å².